The molecule has 2 aromatic heterocycles. The summed E-state index contributed by atoms with van der Waals surface area (Å²) in [7, 11) is 0. The third-order valence-corrected chi connectivity index (χ3v) is 3.19. The van der Waals surface area contributed by atoms with E-state index in [0.29, 0.717) is 0 Å². The summed E-state index contributed by atoms with van der Waals surface area (Å²) < 4.78 is 3.18. The normalized spacial score (nSPS) is 12.1. The Morgan fingerprint density at radius 3 is 2.68 bits per heavy atom. The first-order valence-electron chi connectivity index (χ1n) is 7.00. The molecular formula is C13H18N6O3. The maximum atomic E-state index is 11.9. The molecule has 0 aromatic carbocycles. The van der Waals surface area contributed by atoms with Crippen LogP contribution in [-0.2, 0) is 17.9 Å². The van der Waals surface area contributed by atoms with Gasteiger partial charge in [-0.15, -0.1) is 0 Å². The first-order chi connectivity index (χ1) is 10.5. The van der Waals surface area contributed by atoms with Crippen LogP contribution in [0.25, 0.3) is 0 Å². The minimum atomic E-state index is -0.567. The van der Waals surface area contributed by atoms with E-state index in [4.69, 9.17) is 0 Å². The summed E-state index contributed by atoms with van der Waals surface area (Å²) in [5, 5.41) is 21.5. The van der Waals surface area contributed by atoms with Gasteiger partial charge in [0.2, 0.25) is 5.91 Å². The fraction of sp³-hybridized carbons (Fsp3) is 0.462. The Balaban J connectivity index is 1.83. The second-order valence-corrected chi connectivity index (χ2v) is 4.83. The van der Waals surface area contributed by atoms with E-state index in [-0.39, 0.29) is 30.7 Å². The van der Waals surface area contributed by atoms with Crippen molar-refractivity contribution >= 4 is 11.7 Å². The summed E-state index contributed by atoms with van der Waals surface area (Å²) in [6, 6.07) is 2.98. The summed E-state index contributed by atoms with van der Waals surface area (Å²) >= 11 is 0. The number of nitrogens with one attached hydrogen (secondary N) is 1. The number of aryl methyl sites for hydroxylation is 2. The Morgan fingerprint density at radius 2 is 2.09 bits per heavy atom. The first-order valence-corrected chi connectivity index (χ1v) is 7.00. The number of hydrogen-bond acceptors (Lipinski definition) is 5. The van der Waals surface area contributed by atoms with E-state index in [1.807, 2.05) is 26.1 Å². The molecule has 22 heavy (non-hydrogen) atoms. The van der Waals surface area contributed by atoms with Gasteiger partial charge in [-0.3, -0.25) is 9.48 Å². The quantitative estimate of drug-likeness (QED) is 0.612. The van der Waals surface area contributed by atoms with Crippen molar-refractivity contribution in [2.24, 2.45) is 0 Å². The standard InChI is InChI=1S/C13H18N6O3/c1-3-17-7-4-11(15-17)10(2)14-13(20)6-9-18-8-5-12(16-18)19(21)22/h4-5,7-8,10H,3,6,9H2,1-2H3,(H,14,20). The highest BCUT2D eigenvalue weighted by Gasteiger charge is 2.14. The van der Waals surface area contributed by atoms with Gasteiger partial charge >= 0.3 is 5.82 Å². The van der Waals surface area contributed by atoms with Crippen LogP contribution < -0.4 is 5.32 Å². The van der Waals surface area contributed by atoms with Crippen LogP contribution in [0.1, 0.15) is 32.0 Å². The number of amides is 1. The van der Waals surface area contributed by atoms with Crippen molar-refractivity contribution in [2.75, 3.05) is 0 Å². The molecule has 2 rings (SSSR count). The van der Waals surface area contributed by atoms with Crippen molar-refractivity contribution < 1.29 is 9.72 Å². The monoisotopic (exact) mass is 306 g/mol. The van der Waals surface area contributed by atoms with Crippen molar-refractivity contribution in [1.82, 2.24) is 24.9 Å². The van der Waals surface area contributed by atoms with E-state index < -0.39 is 4.92 Å². The fourth-order valence-corrected chi connectivity index (χ4v) is 1.96. The molecule has 2 aromatic rings. The zero-order valence-corrected chi connectivity index (χ0v) is 12.5. The van der Waals surface area contributed by atoms with E-state index in [9.17, 15) is 14.9 Å². The Labute approximate surface area is 127 Å². The number of rotatable bonds is 7. The van der Waals surface area contributed by atoms with Gasteiger partial charge in [0.1, 0.15) is 0 Å². The molecule has 0 saturated heterocycles. The molecule has 9 nitrogen and oxygen atoms in total. The summed E-state index contributed by atoms with van der Waals surface area (Å²) in [4.78, 5) is 21.9. The van der Waals surface area contributed by atoms with Crippen molar-refractivity contribution in [2.45, 2.75) is 39.4 Å². The summed E-state index contributed by atoms with van der Waals surface area (Å²) in [5.41, 5.74) is 0.796. The Hall–Kier alpha value is -2.71. The minimum absolute atomic E-state index is 0.156. The van der Waals surface area contributed by atoms with Gasteiger partial charge in [0.05, 0.1) is 35.6 Å². The highest BCUT2D eigenvalue weighted by atomic mass is 16.6. The van der Waals surface area contributed by atoms with Crippen LogP contribution in [0.15, 0.2) is 24.5 Å². The van der Waals surface area contributed by atoms with E-state index in [1.165, 1.54) is 16.9 Å². The third-order valence-electron chi connectivity index (χ3n) is 3.19. The van der Waals surface area contributed by atoms with E-state index in [1.54, 1.807) is 4.68 Å². The van der Waals surface area contributed by atoms with Crippen LogP contribution >= 0.6 is 0 Å². The van der Waals surface area contributed by atoms with Gasteiger partial charge in [0, 0.05) is 19.2 Å². The SMILES string of the molecule is CCn1ccc(C(C)NC(=O)CCn2ccc([N+](=O)[O-])n2)n1. The minimum Gasteiger partial charge on any atom is -0.358 e. The second-order valence-electron chi connectivity index (χ2n) is 4.83. The molecule has 2 heterocycles. The predicted octanol–water partition coefficient (Wildman–Crippen LogP) is 1.28. The summed E-state index contributed by atoms with van der Waals surface area (Å²) in [6.45, 7) is 4.91. The maximum absolute atomic E-state index is 11.9. The van der Waals surface area contributed by atoms with E-state index >= 15 is 0 Å². The maximum Gasteiger partial charge on any atom is 0.389 e. The van der Waals surface area contributed by atoms with Gasteiger partial charge in [0.15, 0.2) is 0 Å². The second kappa shape index (κ2) is 6.83. The molecule has 0 fully saturated rings. The first kappa shape index (κ1) is 15.7. The van der Waals surface area contributed by atoms with Crippen LogP contribution in [-0.4, -0.2) is 30.4 Å². The predicted molar refractivity (Wildman–Crippen MR) is 78.0 cm³/mol. The molecule has 1 amide bonds. The average molecular weight is 306 g/mol. The molecule has 0 aliphatic rings. The fourth-order valence-electron chi connectivity index (χ4n) is 1.96. The average Bonchev–Trinajstić information content (AvgIpc) is 3.14. The number of hydrogen-bond donors (Lipinski definition) is 1. The zero-order valence-electron chi connectivity index (χ0n) is 12.5. The molecule has 118 valence electrons. The zero-order chi connectivity index (χ0) is 16.1. The lowest BCUT2D eigenvalue weighted by atomic mass is 10.2. The molecule has 0 spiro atoms. The van der Waals surface area contributed by atoms with E-state index in [0.717, 1.165) is 12.2 Å². The third kappa shape index (κ3) is 3.90. The summed E-state index contributed by atoms with van der Waals surface area (Å²) in [5.74, 6) is -0.379. The lowest BCUT2D eigenvalue weighted by molar-refractivity contribution is -0.389. The van der Waals surface area contributed by atoms with Crippen molar-refractivity contribution in [3.63, 3.8) is 0 Å². The van der Waals surface area contributed by atoms with Crippen molar-refractivity contribution in [3.05, 3.63) is 40.3 Å². The van der Waals surface area contributed by atoms with Crippen LogP contribution in [0.3, 0.4) is 0 Å². The van der Waals surface area contributed by atoms with Crippen LogP contribution in [0.4, 0.5) is 5.82 Å². The molecule has 1 atom stereocenters. The number of carbonyl (C=O) groups is 1. The number of aromatic nitrogens is 4. The van der Waals surface area contributed by atoms with Gasteiger partial charge in [-0.2, -0.15) is 9.78 Å². The molecular weight excluding hydrogens is 288 g/mol. The molecule has 0 aliphatic heterocycles. The van der Waals surface area contributed by atoms with Gasteiger partial charge < -0.3 is 15.4 Å². The van der Waals surface area contributed by atoms with E-state index in [2.05, 4.69) is 15.5 Å². The number of nitrogens with zero attached hydrogens (tertiary/aromatic N) is 5. The van der Waals surface area contributed by atoms with Gasteiger partial charge in [-0.05, 0) is 24.8 Å². The number of carbonyl (C=O) groups excluding carboxylic acids is 1. The Morgan fingerprint density at radius 1 is 1.36 bits per heavy atom. The molecule has 0 aliphatic carbocycles. The van der Waals surface area contributed by atoms with Gasteiger partial charge in [0.25, 0.3) is 0 Å². The molecule has 0 saturated carbocycles. The highest BCUT2D eigenvalue weighted by Crippen LogP contribution is 2.10. The largest absolute Gasteiger partial charge is 0.389 e. The Bertz CT molecular complexity index is 662. The molecule has 9 heteroatoms. The van der Waals surface area contributed by atoms with Crippen LogP contribution in [0.5, 0.6) is 0 Å². The van der Waals surface area contributed by atoms with Gasteiger partial charge in [-0.25, -0.2) is 0 Å². The molecule has 0 radical (unpaired) electrons. The topological polar surface area (TPSA) is 108 Å². The highest BCUT2D eigenvalue weighted by molar-refractivity contribution is 5.76. The smallest absolute Gasteiger partial charge is 0.358 e. The lowest BCUT2D eigenvalue weighted by Crippen LogP contribution is -2.27. The molecule has 1 N–H and O–H groups in total. The van der Waals surface area contributed by atoms with Crippen molar-refractivity contribution in [1.29, 1.82) is 0 Å². The van der Waals surface area contributed by atoms with Crippen molar-refractivity contribution in [3.8, 4) is 0 Å². The van der Waals surface area contributed by atoms with Gasteiger partial charge in [-0.1, -0.05) is 0 Å². The Kier molecular flexibility index (Phi) is 4.87. The van der Waals surface area contributed by atoms with Crippen LogP contribution in [0.2, 0.25) is 0 Å². The summed E-state index contributed by atoms with van der Waals surface area (Å²) in [6.07, 6.45) is 3.54. The molecule has 0 bridgehead atoms. The number of nitro groups is 1. The van der Waals surface area contributed by atoms with Crippen LogP contribution in [0, 0.1) is 10.1 Å². The lowest BCUT2D eigenvalue weighted by Gasteiger charge is -2.11. The molecule has 1 unspecified atom stereocenters.